The second kappa shape index (κ2) is 16.5. The fraction of sp³-hybridized carbons (Fsp3) is 0.488. The number of fused-ring (bicyclic) bond motifs is 2. The molecule has 0 radical (unpaired) electrons. The first kappa shape index (κ1) is 37.8. The average Bonchev–Trinajstić information content (AvgIpc) is 3.72. The molecule has 2 amide bonds. The van der Waals surface area contributed by atoms with E-state index in [0.717, 1.165) is 117 Å². The van der Waals surface area contributed by atoms with E-state index in [1.165, 1.54) is 6.42 Å². The van der Waals surface area contributed by atoms with Crippen LogP contribution in [0.3, 0.4) is 0 Å². The predicted molar refractivity (Wildman–Crippen MR) is 217 cm³/mol. The summed E-state index contributed by atoms with van der Waals surface area (Å²) in [7, 11) is 0. The Morgan fingerprint density at radius 2 is 1.77 bits per heavy atom. The van der Waals surface area contributed by atoms with Gasteiger partial charge in [-0.15, -0.1) is 10.2 Å². The van der Waals surface area contributed by atoms with Crippen molar-refractivity contribution < 1.29 is 19.0 Å². The highest BCUT2D eigenvalue weighted by Crippen LogP contribution is 2.39. The number of hydrogen-bond donors (Lipinski definition) is 2. The van der Waals surface area contributed by atoms with Gasteiger partial charge < -0.3 is 24.4 Å². The van der Waals surface area contributed by atoms with Gasteiger partial charge in [-0.3, -0.25) is 14.6 Å². The zero-order chi connectivity index (χ0) is 38.6. The monoisotopic (exact) mass is 761 g/mol. The number of ether oxygens (including phenoxy) is 3. The molecule has 2 saturated heterocycles. The van der Waals surface area contributed by atoms with Crippen LogP contribution >= 0.6 is 0 Å². The fourth-order valence-electron chi connectivity index (χ4n) is 8.07. The molecule has 2 N–H and O–H groups in total. The van der Waals surface area contributed by atoms with Crippen molar-refractivity contribution in [2.45, 2.75) is 89.8 Å². The molecule has 0 bridgehead atoms. The summed E-state index contributed by atoms with van der Waals surface area (Å²) in [5.41, 5.74) is 4.37. The number of hydrogen-bond acceptors (Lipinski definition) is 9. The van der Waals surface area contributed by atoms with Crippen molar-refractivity contribution in [1.29, 1.82) is 0 Å². The fourth-order valence-corrected chi connectivity index (χ4v) is 8.07. The Balaban J connectivity index is 0.955. The zero-order valence-corrected chi connectivity index (χ0v) is 33.1. The first-order valence-corrected chi connectivity index (χ1v) is 20.3. The van der Waals surface area contributed by atoms with Crippen LogP contribution in [0.2, 0.25) is 0 Å². The van der Waals surface area contributed by atoms with Crippen molar-refractivity contribution in [3.05, 3.63) is 89.7 Å². The molecular formula is C43H55N9O4. The van der Waals surface area contributed by atoms with Crippen molar-refractivity contribution in [1.82, 2.24) is 34.6 Å². The number of amides is 2. The summed E-state index contributed by atoms with van der Waals surface area (Å²) < 4.78 is 22.3. The summed E-state index contributed by atoms with van der Waals surface area (Å²) in [6, 6.07) is 21.9. The Kier molecular flexibility index (Phi) is 11.1. The standard InChI is InChI=1S/C43H55N9O4/c1-30-11-7-8-21-50(30)42-47-46-39-19-16-33(29-51(39)42)56-37-18-17-36(34-14-5-6-15-35(34)37)44-41(53)45-40-28-38(43(2,3)4)48-52(40)31-12-9-13-32(27-31)55-26-23-49-20-10-24-54-25-22-49/h5-6,9,12-16,19,27-30,36-37H,7-8,10-11,17-18,20-26H2,1-4H3,(H2,44,45,53)/t30?,36-,37+/m0/s1. The van der Waals surface area contributed by atoms with Gasteiger partial charge >= 0.3 is 6.03 Å². The van der Waals surface area contributed by atoms with Crippen LogP contribution in [0.25, 0.3) is 11.3 Å². The van der Waals surface area contributed by atoms with Crippen LogP contribution < -0.4 is 25.0 Å². The molecule has 3 aliphatic rings. The van der Waals surface area contributed by atoms with Crippen molar-refractivity contribution >= 4 is 23.4 Å². The summed E-state index contributed by atoms with van der Waals surface area (Å²) in [6.45, 7) is 14.5. The van der Waals surface area contributed by atoms with Crippen LogP contribution in [0, 0.1) is 0 Å². The second-order valence-electron chi connectivity index (χ2n) is 16.3. The number of anilines is 2. The summed E-state index contributed by atoms with van der Waals surface area (Å²) in [5, 5.41) is 20.4. The van der Waals surface area contributed by atoms with E-state index in [1.54, 1.807) is 4.68 Å². The summed E-state index contributed by atoms with van der Waals surface area (Å²) in [5.74, 6) is 2.97. The van der Waals surface area contributed by atoms with E-state index < -0.39 is 0 Å². The van der Waals surface area contributed by atoms with Crippen LogP contribution in [0.4, 0.5) is 16.6 Å². The first-order chi connectivity index (χ1) is 27.2. The molecule has 0 spiro atoms. The summed E-state index contributed by atoms with van der Waals surface area (Å²) in [4.78, 5) is 18.6. The number of rotatable bonds is 10. The van der Waals surface area contributed by atoms with E-state index in [-0.39, 0.29) is 23.6 Å². The van der Waals surface area contributed by atoms with Gasteiger partial charge in [0.2, 0.25) is 5.95 Å². The first-order valence-electron chi connectivity index (χ1n) is 20.3. The quantitative estimate of drug-likeness (QED) is 0.149. The highest BCUT2D eigenvalue weighted by Gasteiger charge is 2.31. The van der Waals surface area contributed by atoms with Gasteiger partial charge in [-0.05, 0) is 80.8 Å². The maximum Gasteiger partial charge on any atom is 0.320 e. The Labute approximate surface area is 329 Å². The number of aromatic nitrogens is 5. The Bertz CT molecular complexity index is 2120. The van der Waals surface area contributed by atoms with Gasteiger partial charge in [0, 0.05) is 56.4 Å². The minimum Gasteiger partial charge on any atom is -0.492 e. The number of nitrogens with one attached hydrogen (secondary N) is 2. The highest BCUT2D eigenvalue weighted by atomic mass is 16.5. The van der Waals surface area contributed by atoms with Crippen LogP contribution in [0.1, 0.15) is 95.2 Å². The van der Waals surface area contributed by atoms with Crippen LogP contribution in [-0.2, 0) is 10.2 Å². The minimum atomic E-state index is -0.294. The van der Waals surface area contributed by atoms with Crippen molar-refractivity contribution in [3.8, 4) is 17.2 Å². The van der Waals surface area contributed by atoms with Gasteiger partial charge in [-0.2, -0.15) is 5.10 Å². The third-order valence-corrected chi connectivity index (χ3v) is 11.2. The van der Waals surface area contributed by atoms with Gasteiger partial charge in [0.15, 0.2) is 5.65 Å². The van der Waals surface area contributed by atoms with E-state index in [9.17, 15) is 4.79 Å². The van der Waals surface area contributed by atoms with E-state index in [0.29, 0.717) is 18.5 Å². The number of nitrogens with zero attached hydrogens (tertiary/aromatic N) is 7. The normalized spacial score (nSPS) is 20.6. The van der Waals surface area contributed by atoms with Crippen LogP contribution in [0.5, 0.6) is 11.5 Å². The molecule has 5 aromatic rings. The Hall–Kier alpha value is -5.14. The molecule has 3 atom stereocenters. The molecule has 0 saturated carbocycles. The van der Waals surface area contributed by atoms with Crippen molar-refractivity contribution in [3.63, 3.8) is 0 Å². The maximum absolute atomic E-state index is 13.8. The molecule has 13 heteroatoms. The molecule has 296 valence electrons. The highest BCUT2D eigenvalue weighted by molar-refractivity contribution is 5.89. The SMILES string of the molecule is CC1CCCCN1c1nnc2ccc(O[C@@H]3CC[C@H](NC(=O)Nc4cc(C(C)(C)C)nn4-c4cccc(OCCN5CCCOCC5)c4)c4ccccc43)cn12. The molecule has 56 heavy (non-hydrogen) atoms. The minimum absolute atomic E-state index is 0.165. The predicted octanol–water partition coefficient (Wildman–Crippen LogP) is 7.47. The third-order valence-electron chi connectivity index (χ3n) is 11.2. The number of pyridine rings is 1. The smallest absolute Gasteiger partial charge is 0.320 e. The molecule has 8 rings (SSSR count). The molecule has 5 heterocycles. The van der Waals surface area contributed by atoms with Gasteiger partial charge in [0.25, 0.3) is 0 Å². The lowest BCUT2D eigenvalue weighted by molar-refractivity contribution is 0.137. The maximum atomic E-state index is 13.8. The molecule has 2 fully saturated rings. The lowest BCUT2D eigenvalue weighted by Crippen LogP contribution is -2.38. The molecule has 2 aliphatic heterocycles. The lowest BCUT2D eigenvalue weighted by atomic mass is 9.85. The molecule has 2 aromatic carbocycles. The lowest BCUT2D eigenvalue weighted by Gasteiger charge is -2.33. The third kappa shape index (κ3) is 8.48. The molecule has 13 nitrogen and oxygen atoms in total. The topological polar surface area (TPSA) is 123 Å². The van der Waals surface area contributed by atoms with Gasteiger partial charge in [0.1, 0.15) is 30.0 Å². The van der Waals surface area contributed by atoms with E-state index >= 15 is 0 Å². The number of carbonyl (C=O) groups excluding carboxylic acids is 1. The van der Waals surface area contributed by atoms with Crippen molar-refractivity contribution in [2.75, 3.05) is 56.2 Å². The van der Waals surface area contributed by atoms with Crippen LogP contribution in [0.15, 0.2) is 72.9 Å². The zero-order valence-electron chi connectivity index (χ0n) is 33.1. The average molecular weight is 762 g/mol. The van der Waals surface area contributed by atoms with Crippen LogP contribution in [-0.4, -0.2) is 87.4 Å². The van der Waals surface area contributed by atoms with E-state index in [4.69, 9.17) is 19.3 Å². The molecule has 3 aromatic heterocycles. The number of urea groups is 1. The molecule has 1 aliphatic carbocycles. The summed E-state index contributed by atoms with van der Waals surface area (Å²) in [6.07, 6.45) is 7.89. The van der Waals surface area contributed by atoms with Gasteiger partial charge in [-0.1, -0.05) is 51.1 Å². The van der Waals surface area contributed by atoms with Gasteiger partial charge in [-0.25, -0.2) is 9.48 Å². The number of piperidine rings is 1. The molecular weight excluding hydrogens is 707 g/mol. The molecule has 1 unspecified atom stereocenters. The van der Waals surface area contributed by atoms with Crippen molar-refractivity contribution in [2.24, 2.45) is 0 Å². The van der Waals surface area contributed by atoms with E-state index in [2.05, 4.69) is 70.5 Å². The van der Waals surface area contributed by atoms with E-state index in [1.807, 2.05) is 65.2 Å². The Morgan fingerprint density at radius 1 is 0.893 bits per heavy atom. The number of carbonyl (C=O) groups is 1. The largest absolute Gasteiger partial charge is 0.492 e. The Morgan fingerprint density at radius 3 is 2.62 bits per heavy atom. The van der Waals surface area contributed by atoms with Gasteiger partial charge in [0.05, 0.1) is 30.2 Å². The second-order valence-corrected chi connectivity index (χ2v) is 16.3. The summed E-state index contributed by atoms with van der Waals surface area (Å²) >= 11 is 0. The number of benzene rings is 2.